The molecule has 1 rings (SSSR count). The monoisotopic (exact) mass is 863 g/mol. The molecule has 0 aromatic rings. The molecule has 8 heteroatoms. The molecule has 0 spiro atoms. The van der Waals surface area contributed by atoms with Gasteiger partial charge >= 0.3 is 11.9 Å². The maximum absolute atomic E-state index is 12.9. The lowest BCUT2D eigenvalue weighted by Crippen LogP contribution is -2.44. The van der Waals surface area contributed by atoms with Crippen LogP contribution in [0.2, 0.25) is 0 Å². The summed E-state index contributed by atoms with van der Waals surface area (Å²) in [5.74, 6) is 0.521. The van der Waals surface area contributed by atoms with Crippen molar-refractivity contribution in [3.05, 3.63) is 0 Å². The van der Waals surface area contributed by atoms with Crippen molar-refractivity contribution >= 4 is 17.8 Å². The number of carbonyl (C=O) groups excluding carboxylic acids is 3. The molecule has 0 aromatic carbocycles. The van der Waals surface area contributed by atoms with Gasteiger partial charge in [-0.2, -0.15) is 0 Å². The van der Waals surface area contributed by atoms with E-state index in [4.69, 9.17) is 14.2 Å². The Bertz CT molecular complexity index is 1020. The summed E-state index contributed by atoms with van der Waals surface area (Å²) in [6.45, 7) is 14.0. The molecule has 1 aliphatic carbocycles. The maximum Gasteiger partial charge on any atom is 0.306 e. The van der Waals surface area contributed by atoms with E-state index in [0.717, 1.165) is 96.7 Å². The Labute approximate surface area is 378 Å². The van der Waals surface area contributed by atoms with E-state index >= 15 is 0 Å². The number of nitrogens with zero attached hydrogens (tertiary/aromatic N) is 1. The molecule has 0 bridgehead atoms. The van der Waals surface area contributed by atoms with Gasteiger partial charge < -0.3 is 24.4 Å². The van der Waals surface area contributed by atoms with E-state index in [1.165, 1.54) is 141 Å². The Morgan fingerprint density at radius 2 is 0.918 bits per heavy atom. The van der Waals surface area contributed by atoms with Crippen molar-refractivity contribution in [3.8, 4) is 0 Å². The van der Waals surface area contributed by atoms with Crippen LogP contribution in [0, 0.1) is 5.92 Å². The lowest BCUT2D eigenvalue weighted by molar-refractivity contribution is -0.151. The summed E-state index contributed by atoms with van der Waals surface area (Å²) >= 11 is 0. The maximum atomic E-state index is 12.9. The second-order valence-corrected chi connectivity index (χ2v) is 19.3. The number of unbranched alkanes of at least 4 members (excludes halogenated alkanes) is 23. The number of methoxy groups -OCH3 is 1. The Hall–Kier alpha value is -1.67. The van der Waals surface area contributed by atoms with Crippen LogP contribution in [0.3, 0.4) is 0 Å². The van der Waals surface area contributed by atoms with Crippen molar-refractivity contribution in [3.63, 3.8) is 0 Å². The number of carbonyl (C=O) groups is 3. The average molecular weight is 863 g/mol. The molecule has 0 radical (unpaired) electrons. The lowest BCUT2D eigenvalue weighted by Gasteiger charge is -2.24. The molecular weight excluding hydrogens is 761 g/mol. The van der Waals surface area contributed by atoms with Crippen molar-refractivity contribution < 1.29 is 28.6 Å². The van der Waals surface area contributed by atoms with Gasteiger partial charge in [-0.1, -0.05) is 156 Å². The Morgan fingerprint density at radius 3 is 1.39 bits per heavy atom. The molecule has 1 fully saturated rings. The fraction of sp³-hybridized carbons (Fsp3) is 0.943. The molecule has 1 saturated carbocycles. The van der Waals surface area contributed by atoms with Crippen LogP contribution in [-0.4, -0.2) is 73.8 Å². The average Bonchev–Trinajstić information content (AvgIpc) is 4.10. The fourth-order valence-corrected chi connectivity index (χ4v) is 8.44. The first kappa shape index (κ1) is 57.3. The summed E-state index contributed by atoms with van der Waals surface area (Å²) in [7, 11) is 1.57. The highest BCUT2D eigenvalue weighted by molar-refractivity contribution is 5.84. The molecule has 61 heavy (non-hydrogen) atoms. The second kappa shape index (κ2) is 39.9. The smallest absolute Gasteiger partial charge is 0.306 e. The van der Waals surface area contributed by atoms with Gasteiger partial charge in [0.05, 0.1) is 0 Å². The minimum absolute atomic E-state index is 0.00235. The van der Waals surface area contributed by atoms with Crippen molar-refractivity contribution in [1.29, 1.82) is 0 Å². The van der Waals surface area contributed by atoms with E-state index in [1.807, 2.05) is 0 Å². The van der Waals surface area contributed by atoms with Gasteiger partial charge in [-0.3, -0.25) is 14.4 Å². The first-order chi connectivity index (χ1) is 29.7. The highest BCUT2D eigenvalue weighted by atomic mass is 16.5. The number of rotatable bonds is 46. The number of ether oxygens (including phenoxy) is 3. The molecule has 360 valence electrons. The van der Waals surface area contributed by atoms with Crippen molar-refractivity contribution in [2.24, 2.45) is 5.92 Å². The van der Waals surface area contributed by atoms with Gasteiger partial charge in [0.2, 0.25) is 0 Å². The topological polar surface area (TPSA) is 94.2 Å². The predicted octanol–water partition coefficient (Wildman–Crippen LogP) is 14.4. The van der Waals surface area contributed by atoms with Crippen LogP contribution in [0.15, 0.2) is 0 Å². The van der Waals surface area contributed by atoms with Gasteiger partial charge in [-0.05, 0) is 123 Å². The van der Waals surface area contributed by atoms with Crippen molar-refractivity contribution in [2.75, 3.05) is 33.3 Å². The summed E-state index contributed by atoms with van der Waals surface area (Å²) in [5.41, 5.74) is -0.827. The molecule has 0 aromatic heterocycles. The molecule has 1 amide bonds. The molecule has 8 nitrogen and oxygen atoms in total. The normalized spacial score (nSPS) is 13.6. The van der Waals surface area contributed by atoms with Gasteiger partial charge in [-0.25, -0.2) is 0 Å². The standard InChI is InChI=1S/C53H102N2O6/c1-7-10-13-16-19-20-24-30-38-49(47-41-42-47)61-51(57)40-32-27-34-45-55(46-35-43-54-52(58)53(4,5)59-6)44-33-26-21-25-31-39-50(56)60-48(36-28-22-17-14-11-8-2)37-29-23-18-15-12-9-3/h47-49H,7-46H2,1-6H3,(H,54,58). The van der Waals surface area contributed by atoms with E-state index in [-0.39, 0.29) is 30.1 Å². The SMILES string of the molecule is CCCCCCCCCCC(OC(=O)CCCCCN(CCCCCCCC(=O)OC(CCCCCCCC)CCCCCCCC)CCCNC(=O)C(C)(C)OC)C1CC1. The van der Waals surface area contributed by atoms with Crippen LogP contribution in [0.4, 0.5) is 0 Å². The molecule has 1 N–H and O–H groups in total. The third-order valence-corrected chi connectivity index (χ3v) is 13.0. The highest BCUT2D eigenvalue weighted by Gasteiger charge is 2.33. The molecule has 0 aliphatic heterocycles. The summed E-state index contributed by atoms with van der Waals surface area (Å²) in [5, 5.41) is 3.04. The fourth-order valence-electron chi connectivity index (χ4n) is 8.44. The number of esters is 2. The molecule has 1 aliphatic rings. The van der Waals surface area contributed by atoms with E-state index in [2.05, 4.69) is 31.0 Å². The first-order valence-corrected chi connectivity index (χ1v) is 26.6. The zero-order chi connectivity index (χ0) is 44.7. The number of amides is 1. The third-order valence-electron chi connectivity index (χ3n) is 13.0. The van der Waals surface area contributed by atoms with Crippen molar-refractivity contribution in [1.82, 2.24) is 10.2 Å². The van der Waals surface area contributed by atoms with Crippen LogP contribution < -0.4 is 5.32 Å². The number of nitrogens with one attached hydrogen (secondary N) is 1. The minimum atomic E-state index is -0.827. The van der Waals surface area contributed by atoms with Gasteiger partial charge in [0, 0.05) is 26.5 Å². The van der Waals surface area contributed by atoms with E-state index in [0.29, 0.717) is 25.3 Å². The van der Waals surface area contributed by atoms with Crippen LogP contribution in [-0.2, 0) is 28.6 Å². The lowest BCUT2D eigenvalue weighted by atomic mass is 10.0. The summed E-state index contributed by atoms with van der Waals surface area (Å²) in [6, 6.07) is 0. The van der Waals surface area contributed by atoms with Crippen LogP contribution in [0.25, 0.3) is 0 Å². The Morgan fingerprint density at radius 1 is 0.525 bits per heavy atom. The van der Waals surface area contributed by atoms with Gasteiger partial charge in [0.25, 0.3) is 5.91 Å². The number of hydrogen-bond acceptors (Lipinski definition) is 7. The zero-order valence-corrected chi connectivity index (χ0v) is 41.4. The third kappa shape index (κ3) is 34.4. The molecule has 1 unspecified atom stereocenters. The number of hydrogen-bond donors (Lipinski definition) is 1. The predicted molar refractivity (Wildman–Crippen MR) is 257 cm³/mol. The van der Waals surface area contributed by atoms with E-state index in [1.54, 1.807) is 21.0 Å². The molecule has 0 saturated heterocycles. The van der Waals surface area contributed by atoms with Gasteiger partial charge in [0.1, 0.15) is 17.8 Å². The Balaban J connectivity index is 2.42. The summed E-state index contributed by atoms with van der Waals surface area (Å²) in [6.07, 6.45) is 41.8. The second-order valence-electron chi connectivity index (χ2n) is 19.3. The van der Waals surface area contributed by atoms with Crippen LogP contribution in [0.5, 0.6) is 0 Å². The molecule has 1 atom stereocenters. The molecular formula is C53H102N2O6. The van der Waals surface area contributed by atoms with Crippen LogP contribution >= 0.6 is 0 Å². The molecule has 0 heterocycles. The quantitative estimate of drug-likeness (QED) is 0.0481. The summed E-state index contributed by atoms with van der Waals surface area (Å²) < 4.78 is 17.5. The van der Waals surface area contributed by atoms with Gasteiger partial charge in [-0.15, -0.1) is 0 Å². The van der Waals surface area contributed by atoms with Gasteiger partial charge in [0.15, 0.2) is 0 Å². The van der Waals surface area contributed by atoms with Crippen molar-refractivity contribution in [2.45, 2.75) is 284 Å². The highest BCUT2D eigenvalue weighted by Crippen LogP contribution is 2.37. The van der Waals surface area contributed by atoms with E-state index in [9.17, 15) is 14.4 Å². The Kier molecular flexibility index (Phi) is 37.5. The summed E-state index contributed by atoms with van der Waals surface area (Å²) in [4.78, 5) is 40.7. The van der Waals surface area contributed by atoms with Crippen LogP contribution in [0.1, 0.15) is 266 Å². The van der Waals surface area contributed by atoms with E-state index < -0.39 is 5.60 Å². The zero-order valence-electron chi connectivity index (χ0n) is 41.4. The largest absolute Gasteiger partial charge is 0.462 e. The first-order valence-electron chi connectivity index (χ1n) is 26.6. The minimum Gasteiger partial charge on any atom is -0.462 e.